The van der Waals surface area contributed by atoms with Gasteiger partial charge in [0.15, 0.2) is 0 Å². The van der Waals surface area contributed by atoms with Crippen LogP contribution in [0.4, 0.5) is 5.69 Å². The number of thioether (sulfide) groups is 1. The Morgan fingerprint density at radius 1 is 1.03 bits per heavy atom. The summed E-state index contributed by atoms with van der Waals surface area (Å²) in [6.07, 6.45) is 0. The van der Waals surface area contributed by atoms with Gasteiger partial charge in [0.1, 0.15) is 16.8 Å². The molecular weight excluding hydrogens is 501 g/mol. The molecule has 1 amide bonds. The second-order valence-corrected chi connectivity index (χ2v) is 9.21. The zero-order valence-electron chi connectivity index (χ0n) is 18.6. The monoisotopic (exact) mass is 519 g/mol. The standard InChI is InChI=1S/C27H19Cl2N3O2S/c1-34-20-12-8-18(9-13-20)25-14-21(17-6-10-19(28)11-7-17)22(15-30)27(32-25)35-16-26(33)31-24-5-3-2-4-23(24)29/h2-14H,16H2,1H3,(H,31,33). The van der Waals surface area contributed by atoms with Gasteiger partial charge in [-0.3, -0.25) is 4.79 Å². The number of anilines is 1. The van der Waals surface area contributed by atoms with Gasteiger partial charge in [0.2, 0.25) is 5.91 Å². The molecule has 0 aliphatic heterocycles. The van der Waals surface area contributed by atoms with Crippen molar-refractivity contribution in [3.8, 4) is 34.2 Å². The average molecular weight is 520 g/mol. The van der Waals surface area contributed by atoms with E-state index in [1.165, 1.54) is 11.8 Å². The lowest BCUT2D eigenvalue weighted by atomic mass is 9.99. The van der Waals surface area contributed by atoms with E-state index in [1.54, 1.807) is 43.5 Å². The van der Waals surface area contributed by atoms with Gasteiger partial charge in [-0.15, -0.1) is 0 Å². The molecule has 8 heteroatoms. The number of hydrogen-bond donors (Lipinski definition) is 1. The van der Waals surface area contributed by atoms with Crippen LogP contribution < -0.4 is 10.1 Å². The molecule has 0 aliphatic carbocycles. The van der Waals surface area contributed by atoms with Crippen LogP contribution in [0.3, 0.4) is 0 Å². The molecule has 0 radical (unpaired) electrons. The number of pyridine rings is 1. The van der Waals surface area contributed by atoms with Crippen LogP contribution in [0.1, 0.15) is 5.56 Å². The van der Waals surface area contributed by atoms with Crippen molar-refractivity contribution in [1.29, 1.82) is 5.26 Å². The van der Waals surface area contributed by atoms with Gasteiger partial charge in [-0.25, -0.2) is 4.98 Å². The average Bonchev–Trinajstić information content (AvgIpc) is 2.88. The molecule has 174 valence electrons. The number of ether oxygens (including phenoxy) is 1. The maximum Gasteiger partial charge on any atom is 0.234 e. The highest BCUT2D eigenvalue weighted by Crippen LogP contribution is 2.35. The first-order chi connectivity index (χ1) is 17.0. The Hall–Kier alpha value is -3.50. The summed E-state index contributed by atoms with van der Waals surface area (Å²) in [5, 5.41) is 14.3. The van der Waals surface area contributed by atoms with Gasteiger partial charge >= 0.3 is 0 Å². The van der Waals surface area contributed by atoms with Crippen LogP contribution >= 0.6 is 35.0 Å². The Balaban J connectivity index is 1.70. The van der Waals surface area contributed by atoms with Crippen molar-refractivity contribution < 1.29 is 9.53 Å². The Kier molecular flexibility index (Phi) is 7.94. The maximum absolute atomic E-state index is 12.6. The normalized spacial score (nSPS) is 10.5. The minimum absolute atomic E-state index is 0.0546. The van der Waals surface area contributed by atoms with Crippen LogP contribution in [0.15, 0.2) is 83.9 Å². The Morgan fingerprint density at radius 3 is 2.37 bits per heavy atom. The summed E-state index contributed by atoms with van der Waals surface area (Å²) in [5.41, 5.74) is 3.98. The third-order valence-electron chi connectivity index (χ3n) is 5.13. The highest BCUT2D eigenvalue weighted by atomic mass is 35.5. The van der Waals surface area contributed by atoms with Gasteiger partial charge < -0.3 is 10.1 Å². The first kappa shape index (κ1) is 24.6. The van der Waals surface area contributed by atoms with E-state index >= 15 is 0 Å². The van der Waals surface area contributed by atoms with Gasteiger partial charge in [0.05, 0.1) is 34.8 Å². The maximum atomic E-state index is 12.6. The van der Waals surface area contributed by atoms with Crippen LogP contribution in [-0.4, -0.2) is 23.8 Å². The number of methoxy groups -OCH3 is 1. The van der Waals surface area contributed by atoms with Crippen LogP contribution in [0.2, 0.25) is 10.0 Å². The first-order valence-electron chi connectivity index (χ1n) is 10.5. The minimum atomic E-state index is -0.253. The van der Waals surface area contributed by atoms with Crippen molar-refractivity contribution in [2.45, 2.75) is 5.03 Å². The molecule has 1 N–H and O–H groups in total. The lowest BCUT2D eigenvalue weighted by Crippen LogP contribution is -2.14. The fourth-order valence-electron chi connectivity index (χ4n) is 3.38. The number of para-hydroxylation sites is 1. The van der Waals surface area contributed by atoms with E-state index in [9.17, 15) is 10.1 Å². The predicted molar refractivity (Wildman–Crippen MR) is 142 cm³/mol. The summed E-state index contributed by atoms with van der Waals surface area (Å²) in [4.78, 5) is 17.4. The van der Waals surface area contributed by atoms with E-state index < -0.39 is 0 Å². The van der Waals surface area contributed by atoms with E-state index in [1.807, 2.05) is 42.5 Å². The molecule has 0 fully saturated rings. The van der Waals surface area contributed by atoms with E-state index in [-0.39, 0.29) is 11.7 Å². The second kappa shape index (κ2) is 11.3. The minimum Gasteiger partial charge on any atom is -0.497 e. The fourth-order valence-corrected chi connectivity index (χ4v) is 4.50. The summed E-state index contributed by atoms with van der Waals surface area (Å²) < 4.78 is 5.26. The SMILES string of the molecule is COc1ccc(-c2cc(-c3ccc(Cl)cc3)c(C#N)c(SCC(=O)Nc3ccccc3Cl)n2)cc1. The quantitative estimate of drug-likeness (QED) is 0.258. The number of nitrogens with one attached hydrogen (secondary N) is 1. The predicted octanol–water partition coefficient (Wildman–Crippen LogP) is 7.33. The fraction of sp³-hybridized carbons (Fsp3) is 0.0741. The van der Waals surface area contributed by atoms with Crippen LogP contribution in [-0.2, 0) is 4.79 Å². The number of amides is 1. The van der Waals surface area contributed by atoms with Crippen molar-refractivity contribution in [2.24, 2.45) is 0 Å². The number of halogens is 2. The van der Waals surface area contributed by atoms with E-state index in [0.717, 1.165) is 16.9 Å². The molecule has 0 atom stereocenters. The summed E-state index contributed by atoms with van der Waals surface area (Å²) in [6, 6.07) is 25.9. The lowest BCUT2D eigenvalue weighted by Gasteiger charge is -2.13. The molecule has 35 heavy (non-hydrogen) atoms. The highest BCUT2D eigenvalue weighted by molar-refractivity contribution is 8.00. The lowest BCUT2D eigenvalue weighted by molar-refractivity contribution is -0.113. The molecule has 1 heterocycles. The van der Waals surface area contributed by atoms with Gasteiger partial charge in [0.25, 0.3) is 0 Å². The largest absolute Gasteiger partial charge is 0.497 e. The highest BCUT2D eigenvalue weighted by Gasteiger charge is 2.17. The number of hydrogen-bond acceptors (Lipinski definition) is 5. The van der Waals surface area contributed by atoms with Gasteiger partial charge in [-0.1, -0.05) is 59.2 Å². The zero-order valence-corrected chi connectivity index (χ0v) is 20.9. The molecule has 1 aromatic heterocycles. The number of carbonyl (C=O) groups is 1. The van der Waals surface area contributed by atoms with Crippen molar-refractivity contribution in [2.75, 3.05) is 18.2 Å². The van der Waals surface area contributed by atoms with Crippen molar-refractivity contribution in [3.63, 3.8) is 0 Å². The van der Waals surface area contributed by atoms with E-state index in [2.05, 4.69) is 11.4 Å². The molecule has 4 aromatic rings. The number of aromatic nitrogens is 1. The molecule has 5 nitrogen and oxygen atoms in total. The first-order valence-corrected chi connectivity index (χ1v) is 12.3. The van der Waals surface area contributed by atoms with Gasteiger partial charge in [-0.05, 0) is 60.2 Å². The second-order valence-electron chi connectivity index (χ2n) is 7.40. The number of nitrogens with zero attached hydrogens (tertiary/aromatic N) is 2. The molecule has 0 spiro atoms. The zero-order chi connectivity index (χ0) is 24.8. The summed E-state index contributed by atoms with van der Waals surface area (Å²) in [7, 11) is 1.61. The molecule has 0 saturated heterocycles. The number of rotatable bonds is 7. The van der Waals surface area contributed by atoms with Gasteiger partial charge in [0, 0.05) is 16.1 Å². The van der Waals surface area contributed by atoms with Crippen LogP contribution in [0, 0.1) is 11.3 Å². The van der Waals surface area contributed by atoms with E-state index in [0.29, 0.717) is 37.6 Å². The van der Waals surface area contributed by atoms with Crippen molar-refractivity contribution >= 4 is 46.6 Å². The molecule has 3 aromatic carbocycles. The van der Waals surface area contributed by atoms with E-state index in [4.69, 9.17) is 32.9 Å². The Bertz CT molecular complexity index is 1400. The van der Waals surface area contributed by atoms with Gasteiger partial charge in [-0.2, -0.15) is 5.26 Å². The smallest absolute Gasteiger partial charge is 0.234 e. The Labute approximate surface area is 217 Å². The van der Waals surface area contributed by atoms with Crippen molar-refractivity contribution in [1.82, 2.24) is 4.98 Å². The molecule has 0 unspecified atom stereocenters. The van der Waals surface area contributed by atoms with Crippen LogP contribution in [0.5, 0.6) is 5.75 Å². The molecule has 4 rings (SSSR count). The number of nitriles is 1. The summed E-state index contributed by atoms with van der Waals surface area (Å²) in [6.45, 7) is 0. The van der Waals surface area contributed by atoms with Crippen molar-refractivity contribution in [3.05, 3.63) is 94.5 Å². The topological polar surface area (TPSA) is 75.0 Å². The molecule has 0 bridgehead atoms. The van der Waals surface area contributed by atoms with Crippen LogP contribution in [0.25, 0.3) is 22.4 Å². The molecular formula is C27H19Cl2N3O2S. The molecule has 0 aliphatic rings. The summed E-state index contributed by atoms with van der Waals surface area (Å²) in [5.74, 6) is 0.529. The number of carbonyl (C=O) groups excluding carboxylic acids is 1. The molecule has 0 saturated carbocycles. The summed E-state index contributed by atoms with van der Waals surface area (Å²) >= 11 is 13.4. The third-order valence-corrected chi connectivity index (χ3v) is 6.68. The number of benzene rings is 3. The third kappa shape index (κ3) is 5.95. The Morgan fingerprint density at radius 2 is 1.71 bits per heavy atom.